The summed E-state index contributed by atoms with van der Waals surface area (Å²) in [5.74, 6) is -60.5. The van der Waals surface area contributed by atoms with Gasteiger partial charge in [0.2, 0.25) is 5.78 Å². The van der Waals surface area contributed by atoms with Gasteiger partial charge in [0.25, 0.3) is 0 Å². The van der Waals surface area contributed by atoms with E-state index in [-0.39, 0.29) is 12.3 Å². The number of unbranched alkanes of at least 4 members (excludes halogenated alkanes) is 4. The first-order valence-electron chi connectivity index (χ1n) is 15.0. The number of halogens is 17. The predicted octanol–water partition coefficient (Wildman–Crippen LogP) is 12.0. The summed E-state index contributed by atoms with van der Waals surface area (Å²) in [4.78, 5) is 12.1. The van der Waals surface area contributed by atoms with Crippen LogP contribution in [0.5, 0.6) is 0 Å². The lowest BCUT2D eigenvalue weighted by Gasteiger charge is -2.42. The first-order chi connectivity index (χ1) is 21.6. The number of carbonyl (C=O) groups is 1. The smallest absolute Gasteiger partial charge is 0.287 e. The van der Waals surface area contributed by atoms with E-state index in [4.69, 9.17) is 0 Å². The fraction of sp³-hybridized carbons (Fsp3) is 0.767. The van der Waals surface area contributed by atoms with Crippen molar-refractivity contribution in [1.82, 2.24) is 0 Å². The van der Waals surface area contributed by atoms with Crippen LogP contribution in [0.1, 0.15) is 93.5 Å². The minimum Gasteiger partial charge on any atom is -0.287 e. The summed E-state index contributed by atoms with van der Waals surface area (Å²) < 4.78 is 230. The van der Waals surface area contributed by atoms with Gasteiger partial charge in [-0.1, -0.05) is 95.4 Å². The molecule has 1 aliphatic carbocycles. The minimum atomic E-state index is -8.74. The maximum Gasteiger partial charge on any atom is 0.460 e. The van der Waals surface area contributed by atoms with E-state index < -0.39 is 59.0 Å². The molecular formula is C30H33F17O. The van der Waals surface area contributed by atoms with Crippen LogP contribution in [0.3, 0.4) is 0 Å². The summed E-state index contributed by atoms with van der Waals surface area (Å²) in [7, 11) is 0. The number of hydrogen-bond acceptors (Lipinski definition) is 1. The van der Waals surface area contributed by atoms with Crippen molar-refractivity contribution in [3.05, 3.63) is 35.4 Å². The van der Waals surface area contributed by atoms with Crippen molar-refractivity contribution >= 4 is 5.78 Å². The second-order valence-electron chi connectivity index (χ2n) is 12.2. The summed E-state index contributed by atoms with van der Waals surface area (Å²) in [6.45, 7) is 2.12. The Bertz CT molecular complexity index is 1200. The Hall–Kier alpha value is -2.30. The average Bonchev–Trinajstić information content (AvgIpc) is 2.99. The molecule has 0 amide bonds. The number of benzene rings is 1. The second kappa shape index (κ2) is 14.5. The second-order valence-corrected chi connectivity index (χ2v) is 12.2. The van der Waals surface area contributed by atoms with Gasteiger partial charge in [0.05, 0.1) is 0 Å². The Labute approximate surface area is 264 Å². The first-order valence-corrected chi connectivity index (χ1v) is 15.0. The molecule has 0 spiro atoms. The van der Waals surface area contributed by atoms with E-state index in [1.54, 1.807) is 0 Å². The molecule has 0 N–H and O–H groups in total. The Morgan fingerprint density at radius 2 is 0.938 bits per heavy atom. The number of hydrogen-bond donors (Lipinski definition) is 0. The molecule has 278 valence electrons. The monoisotopic (exact) mass is 732 g/mol. The average molecular weight is 733 g/mol. The SMILES string of the molecule is CCCCCCC[C@H]1CC[C@H](CCc2ccc(C(=O)C(F)(F)C(F)(F)C(F)(F)C(F)(F)C(F)(F)C(F)(F)C(F)(F)C(F)(F)F)cc2)CC1. The summed E-state index contributed by atoms with van der Waals surface area (Å²) in [6, 6.07) is 2.62. The predicted molar refractivity (Wildman–Crippen MR) is 139 cm³/mol. The highest BCUT2D eigenvalue weighted by Crippen LogP contribution is 2.64. The van der Waals surface area contributed by atoms with Gasteiger partial charge >= 0.3 is 47.6 Å². The van der Waals surface area contributed by atoms with E-state index in [0.29, 0.717) is 30.0 Å². The van der Waals surface area contributed by atoms with Crippen LogP contribution in [0.2, 0.25) is 0 Å². The third-order valence-corrected chi connectivity index (χ3v) is 8.75. The van der Waals surface area contributed by atoms with Crippen molar-refractivity contribution in [2.24, 2.45) is 11.8 Å². The highest BCUT2D eigenvalue weighted by atomic mass is 19.4. The number of carbonyl (C=O) groups excluding carboxylic acids is 1. The van der Waals surface area contributed by atoms with Gasteiger partial charge in [-0.15, -0.1) is 0 Å². The van der Waals surface area contributed by atoms with Gasteiger partial charge in [0, 0.05) is 5.56 Å². The lowest BCUT2D eigenvalue weighted by molar-refractivity contribution is -0.459. The zero-order chi connectivity index (χ0) is 37.2. The van der Waals surface area contributed by atoms with Crippen LogP contribution in [0.25, 0.3) is 0 Å². The van der Waals surface area contributed by atoms with Crippen LogP contribution in [0, 0.1) is 11.8 Å². The molecule has 0 aliphatic heterocycles. The molecule has 1 aliphatic rings. The molecule has 0 bridgehead atoms. The number of aryl methyl sites for hydroxylation is 1. The number of rotatable bonds is 17. The number of alkyl halides is 17. The topological polar surface area (TPSA) is 17.1 Å². The zero-order valence-corrected chi connectivity index (χ0v) is 25.3. The van der Waals surface area contributed by atoms with Crippen LogP contribution in [0.15, 0.2) is 24.3 Å². The van der Waals surface area contributed by atoms with Crippen molar-refractivity contribution in [3.8, 4) is 0 Å². The van der Waals surface area contributed by atoms with Crippen molar-refractivity contribution in [3.63, 3.8) is 0 Å². The Kier molecular flexibility index (Phi) is 12.7. The molecule has 1 fully saturated rings. The van der Waals surface area contributed by atoms with E-state index in [1.165, 1.54) is 12.8 Å². The highest BCUT2D eigenvalue weighted by Gasteiger charge is 2.95. The Balaban J connectivity index is 2.15. The van der Waals surface area contributed by atoms with Gasteiger partial charge < -0.3 is 0 Å². The van der Waals surface area contributed by atoms with Gasteiger partial charge in [-0.3, -0.25) is 4.79 Å². The molecule has 2 rings (SSSR count). The zero-order valence-electron chi connectivity index (χ0n) is 25.3. The summed E-state index contributed by atoms with van der Waals surface area (Å²) >= 11 is 0. The molecule has 0 heterocycles. The van der Waals surface area contributed by atoms with E-state index in [2.05, 4.69) is 6.92 Å². The summed E-state index contributed by atoms with van der Waals surface area (Å²) in [5.41, 5.74) is -1.22. The maximum atomic E-state index is 14.4. The molecule has 0 aromatic heterocycles. The fourth-order valence-corrected chi connectivity index (χ4v) is 5.53. The standard InChI is InChI=1S/C30H33F17O/c1-2-3-4-5-6-7-18-8-10-19(11-9-18)12-13-20-14-16-21(17-15-20)22(48)23(31,32)24(33,34)25(35,36)26(37,38)27(39,40)28(41,42)29(43,44)30(45,46)47/h14-19H,2-13H2,1H3/t18-,19-. The lowest BCUT2D eigenvalue weighted by atomic mass is 9.77. The molecule has 0 atom stereocenters. The van der Waals surface area contributed by atoms with Crippen LogP contribution in [-0.2, 0) is 6.42 Å². The number of Topliss-reactive ketones (excluding diaryl/α,β-unsaturated/α-hetero) is 1. The molecule has 0 radical (unpaired) electrons. The summed E-state index contributed by atoms with van der Waals surface area (Å²) in [5, 5.41) is 0. The Morgan fingerprint density at radius 1 is 0.542 bits per heavy atom. The molecule has 48 heavy (non-hydrogen) atoms. The van der Waals surface area contributed by atoms with Crippen molar-refractivity contribution in [2.45, 2.75) is 132 Å². The van der Waals surface area contributed by atoms with Crippen LogP contribution in [-0.4, -0.2) is 53.4 Å². The normalized spacial score (nSPS) is 19.5. The van der Waals surface area contributed by atoms with Crippen LogP contribution >= 0.6 is 0 Å². The molecule has 1 saturated carbocycles. The molecule has 1 aromatic rings. The lowest BCUT2D eigenvalue weighted by Crippen LogP contribution is -2.75. The quantitative estimate of drug-likeness (QED) is 0.0886. The largest absolute Gasteiger partial charge is 0.460 e. The van der Waals surface area contributed by atoms with Crippen LogP contribution in [0.4, 0.5) is 74.6 Å². The fourth-order valence-electron chi connectivity index (χ4n) is 5.53. The molecule has 1 aromatic carbocycles. The third-order valence-electron chi connectivity index (χ3n) is 8.75. The van der Waals surface area contributed by atoms with Gasteiger partial charge in [-0.2, -0.15) is 74.6 Å². The molecule has 0 saturated heterocycles. The van der Waals surface area contributed by atoms with Crippen molar-refractivity contribution in [2.75, 3.05) is 0 Å². The first kappa shape index (κ1) is 41.9. The molecule has 1 nitrogen and oxygen atoms in total. The van der Waals surface area contributed by atoms with Gasteiger partial charge in [0.1, 0.15) is 0 Å². The van der Waals surface area contributed by atoms with E-state index in [0.717, 1.165) is 63.5 Å². The number of ketones is 1. The summed E-state index contributed by atoms with van der Waals surface area (Å²) in [6.07, 6.45) is 3.72. The Morgan fingerprint density at radius 3 is 1.38 bits per heavy atom. The maximum absolute atomic E-state index is 14.4. The van der Waals surface area contributed by atoms with E-state index in [1.807, 2.05) is 0 Å². The third kappa shape index (κ3) is 7.55. The van der Waals surface area contributed by atoms with E-state index in [9.17, 15) is 79.4 Å². The van der Waals surface area contributed by atoms with Crippen molar-refractivity contribution < 1.29 is 79.4 Å². The van der Waals surface area contributed by atoms with Crippen LogP contribution < -0.4 is 0 Å². The van der Waals surface area contributed by atoms with Gasteiger partial charge in [-0.05, 0) is 30.2 Å². The van der Waals surface area contributed by atoms with E-state index >= 15 is 0 Å². The molecular weight excluding hydrogens is 699 g/mol. The minimum absolute atomic E-state index is 0.274. The molecule has 18 heteroatoms. The molecule has 0 unspecified atom stereocenters. The highest BCUT2D eigenvalue weighted by molar-refractivity contribution is 6.02. The van der Waals surface area contributed by atoms with Crippen molar-refractivity contribution in [1.29, 1.82) is 0 Å². The van der Waals surface area contributed by atoms with Gasteiger partial charge in [-0.25, -0.2) is 0 Å². The van der Waals surface area contributed by atoms with Gasteiger partial charge in [0.15, 0.2) is 0 Å².